The Morgan fingerprint density at radius 1 is 1.11 bits per heavy atom. The van der Waals surface area contributed by atoms with Crippen molar-refractivity contribution in [2.75, 3.05) is 25.0 Å². The molecule has 3 aliphatic heterocycles. The van der Waals surface area contributed by atoms with Crippen LogP contribution in [0.4, 0.5) is 19.0 Å². The largest absolute Gasteiger partial charge is 0.416 e. The fraction of sp³-hybridized carbons (Fsp3) is 0.480. The summed E-state index contributed by atoms with van der Waals surface area (Å²) in [4.78, 5) is 25.0. The van der Waals surface area contributed by atoms with Crippen LogP contribution in [0, 0.1) is 13.8 Å². The lowest BCUT2D eigenvalue weighted by Crippen LogP contribution is -2.56. The Kier molecular flexibility index (Phi) is 5.95. The maximum Gasteiger partial charge on any atom is 0.416 e. The summed E-state index contributed by atoms with van der Waals surface area (Å²) in [5.74, 6) is 0.964. The van der Waals surface area contributed by atoms with Gasteiger partial charge in [0.15, 0.2) is 0 Å². The van der Waals surface area contributed by atoms with Crippen molar-refractivity contribution in [2.24, 2.45) is 0 Å². The molecule has 6 nitrogen and oxygen atoms in total. The zero-order valence-corrected chi connectivity index (χ0v) is 21.4. The minimum absolute atomic E-state index is 0.112. The van der Waals surface area contributed by atoms with Gasteiger partial charge in [-0.05, 0) is 73.2 Å². The minimum Gasteiger partial charge on any atom is -0.363 e. The van der Waals surface area contributed by atoms with Gasteiger partial charge in [-0.15, -0.1) is 0 Å². The second-order valence-corrected chi connectivity index (χ2v) is 10.5. The summed E-state index contributed by atoms with van der Waals surface area (Å²) in [6.45, 7) is 7.92. The highest BCUT2D eigenvalue weighted by molar-refractivity contribution is 9.10. The third-order valence-corrected chi connectivity index (χ3v) is 8.34. The van der Waals surface area contributed by atoms with Gasteiger partial charge in [0, 0.05) is 25.8 Å². The summed E-state index contributed by atoms with van der Waals surface area (Å²) < 4.78 is 42.7. The van der Waals surface area contributed by atoms with E-state index in [1.807, 2.05) is 17.7 Å². The standard InChI is InChI=1S/C25H27BrF3N5O/c1-14-17(5-4-6-19(14)25(27,28)29)15(2)30-22-18-13-34(24-7-10-33(11-8-24)12-9-24)23(35)20(26)21(18)31-16(3)32-22/h4-6,13,15H,7-12H2,1-3H3,(H,30,31,32)/t15-/m0/s1. The van der Waals surface area contributed by atoms with Crippen molar-refractivity contribution >= 4 is 32.7 Å². The minimum atomic E-state index is -4.42. The Balaban J connectivity index is 1.61. The molecule has 3 fully saturated rings. The van der Waals surface area contributed by atoms with Crippen LogP contribution in [0.5, 0.6) is 0 Å². The van der Waals surface area contributed by atoms with Gasteiger partial charge in [0.25, 0.3) is 5.56 Å². The number of hydrogen-bond donors (Lipinski definition) is 1. The van der Waals surface area contributed by atoms with E-state index in [1.54, 1.807) is 13.0 Å². The second kappa shape index (κ2) is 8.58. The van der Waals surface area contributed by atoms with Crippen molar-refractivity contribution < 1.29 is 13.2 Å². The lowest BCUT2D eigenvalue weighted by molar-refractivity contribution is -0.138. The number of nitrogens with one attached hydrogen (secondary N) is 1. The molecule has 186 valence electrons. The lowest BCUT2D eigenvalue weighted by atomic mass is 9.79. The molecule has 0 aliphatic carbocycles. The molecule has 35 heavy (non-hydrogen) atoms. The van der Waals surface area contributed by atoms with E-state index in [0.717, 1.165) is 45.0 Å². The first-order chi connectivity index (χ1) is 16.5. The molecule has 1 N–H and O–H groups in total. The number of alkyl halides is 3. The second-order valence-electron chi connectivity index (χ2n) is 9.70. The third kappa shape index (κ3) is 4.14. The van der Waals surface area contributed by atoms with Crippen LogP contribution in [0.15, 0.2) is 33.7 Å². The maximum absolute atomic E-state index is 13.5. The number of fused-ring (bicyclic) bond motifs is 4. The molecule has 2 bridgehead atoms. The van der Waals surface area contributed by atoms with Crippen molar-refractivity contribution in [2.45, 2.75) is 57.8 Å². The van der Waals surface area contributed by atoms with Crippen molar-refractivity contribution in [3.8, 4) is 0 Å². The van der Waals surface area contributed by atoms with Gasteiger partial charge in [-0.1, -0.05) is 12.1 Å². The van der Waals surface area contributed by atoms with Gasteiger partial charge in [0.05, 0.1) is 28.0 Å². The molecular weight excluding hydrogens is 523 g/mol. The Hall–Kier alpha value is -2.46. The monoisotopic (exact) mass is 549 g/mol. The quantitative estimate of drug-likeness (QED) is 0.461. The van der Waals surface area contributed by atoms with Gasteiger partial charge >= 0.3 is 6.18 Å². The average molecular weight is 550 g/mol. The number of piperidine rings is 3. The van der Waals surface area contributed by atoms with Crippen LogP contribution >= 0.6 is 15.9 Å². The molecule has 0 amide bonds. The molecule has 3 aliphatic rings. The van der Waals surface area contributed by atoms with E-state index in [9.17, 15) is 18.0 Å². The molecule has 5 heterocycles. The number of halogens is 4. The summed E-state index contributed by atoms with van der Waals surface area (Å²) in [6, 6.07) is 3.76. The third-order valence-electron chi connectivity index (χ3n) is 7.62. The Morgan fingerprint density at radius 3 is 2.40 bits per heavy atom. The number of anilines is 1. The summed E-state index contributed by atoms with van der Waals surface area (Å²) in [7, 11) is 0. The summed E-state index contributed by atoms with van der Waals surface area (Å²) in [5, 5.41) is 3.98. The number of aromatic nitrogens is 3. The number of benzene rings is 1. The molecular formula is C25H27BrF3N5O. The highest BCUT2D eigenvalue weighted by atomic mass is 79.9. The molecule has 3 aromatic rings. The number of hydrogen-bond acceptors (Lipinski definition) is 5. The van der Waals surface area contributed by atoms with E-state index in [-0.39, 0.29) is 16.7 Å². The Bertz CT molecular complexity index is 1350. The Labute approximate surface area is 209 Å². The molecule has 0 unspecified atom stereocenters. The average Bonchev–Trinajstić information content (AvgIpc) is 2.82. The van der Waals surface area contributed by atoms with E-state index in [4.69, 9.17) is 0 Å². The molecule has 1 atom stereocenters. The van der Waals surface area contributed by atoms with Gasteiger partial charge < -0.3 is 14.8 Å². The van der Waals surface area contributed by atoms with Crippen LogP contribution in [0.25, 0.3) is 10.9 Å². The first-order valence-corrected chi connectivity index (χ1v) is 12.5. The molecule has 0 radical (unpaired) electrons. The van der Waals surface area contributed by atoms with Gasteiger partial charge in [-0.2, -0.15) is 13.2 Å². The summed E-state index contributed by atoms with van der Waals surface area (Å²) >= 11 is 3.50. The smallest absolute Gasteiger partial charge is 0.363 e. The van der Waals surface area contributed by atoms with Crippen LogP contribution in [0.3, 0.4) is 0 Å². The van der Waals surface area contributed by atoms with E-state index >= 15 is 0 Å². The highest BCUT2D eigenvalue weighted by Gasteiger charge is 2.42. The highest BCUT2D eigenvalue weighted by Crippen LogP contribution is 2.40. The molecule has 10 heteroatoms. The number of rotatable bonds is 4. The summed E-state index contributed by atoms with van der Waals surface area (Å²) in [6.07, 6.45) is 0.130. The first-order valence-electron chi connectivity index (χ1n) is 11.8. The molecule has 3 saturated heterocycles. The molecule has 1 aromatic carbocycles. The van der Waals surface area contributed by atoms with Crippen molar-refractivity contribution in [3.05, 3.63) is 61.7 Å². The van der Waals surface area contributed by atoms with Crippen molar-refractivity contribution in [1.29, 1.82) is 0 Å². The van der Waals surface area contributed by atoms with Crippen LogP contribution in [0.1, 0.15) is 54.7 Å². The summed E-state index contributed by atoms with van der Waals surface area (Å²) in [5.41, 5.74) is 0.216. The first kappa shape index (κ1) is 24.2. The predicted octanol–water partition coefficient (Wildman–Crippen LogP) is 5.56. The lowest BCUT2D eigenvalue weighted by Gasteiger charge is -2.49. The van der Waals surface area contributed by atoms with Gasteiger partial charge in [-0.25, -0.2) is 9.97 Å². The number of pyridine rings is 1. The van der Waals surface area contributed by atoms with Gasteiger partial charge in [-0.3, -0.25) is 4.79 Å². The van der Waals surface area contributed by atoms with Crippen LogP contribution in [-0.4, -0.2) is 39.1 Å². The van der Waals surface area contributed by atoms with E-state index in [0.29, 0.717) is 32.6 Å². The SMILES string of the molecule is Cc1nc(N[C@@H](C)c2cccc(C(F)(F)F)c2C)c2cn(C34CCN(CC3)CC4)c(=O)c(Br)c2n1. The van der Waals surface area contributed by atoms with Gasteiger partial charge in [0.1, 0.15) is 16.1 Å². The van der Waals surface area contributed by atoms with E-state index in [2.05, 4.69) is 36.1 Å². The van der Waals surface area contributed by atoms with Crippen LogP contribution < -0.4 is 10.9 Å². The molecule has 0 spiro atoms. The van der Waals surface area contributed by atoms with E-state index in [1.165, 1.54) is 13.0 Å². The molecule has 2 aromatic heterocycles. The Morgan fingerprint density at radius 2 is 1.77 bits per heavy atom. The maximum atomic E-state index is 13.5. The molecule has 6 rings (SSSR count). The van der Waals surface area contributed by atoms with Crippen molar-refractivity contribution in [3.63, 3.8) is 0 Å². The number of aryl methyl sites for hydroxylation is 1. The fourth-order valence-corrected chi connectivity index (χ4v) is 6.10. The molecule has 0 saturated carbocycles. The van der Waals surface area contributed by atoms with E-state index < -0.39 is 17.8 Å². The topological polar surface area (TPSA) is 63.1 Å². The number of nitrogens with zero attached hydrogens (tertiary/aromatic N) is 4. The zero-order chi connectivity index (χ0) is 25.1. The predicted molar refractivity (Wildman–Crippen MR) is 133 cm³/mol. The van der Waals surface area contributed by atoms with Crippen LogP contribution in [-0.2, 0) is 11.7 Å². The van der Waals surface area contributed by atoms with Crippen molar-refractivity contribution in [1.82, 2.24) is 19.4 Å². The van der Waals surface area contributed by atoms with Crippen LogP contribution in [0.2, 0.25) is 0 Å². The zero-order valence-electron chi connectivity index (χ0n) is 19.8. The van der Waals surface area contributed by atoms with Gasteiger partial charge in [0.2, 0.25) is 0 Å². The fourth-order valence-electron chi connectivity index (χ4n) is 5.61. The normalized spacial score (nSPS) is 23.0.